The first-order valence-electron chi connectivity index (χ1n) is 10.2. The molecule has 1 N–H and O–H groups in total. The van der Waals surface area contributed by atoms with E-state index in [2.05, 4.69) is 10.2 Å². The van der Waals surface area contributed by atoms with Crippen molar-refractivity contribution in [3.8, 4) is 11.5 Å². The summed E-state index contributed by atoms with van der Waals surface area (Å²) in [7, 11) is -0.809. The molecule has 0 radical (unpaired) electrons. The second kappa shape index (κ2) is 10.1. The Morgan fingerprint density at radius 1 is 1.06 bits per heavy atom. The van der Waals surface area contributed by atoms with E-state index in [9.17, 15) is 13.2 Å². The summed E-state index contributed by atoms with van der Waals surface area (Å²) >= 11 is 0. The fraction of sp³-hybridized carbons (Fsp3) is 0.409. The molecule has 3 rings (SSSR count). The molecule has 1 atom stereocenters. The Kier molecular flexibility index (Phi) is 7.47. The van der Waals surface area contributed by atoms with Crippen LogP contribution in [0, 0.1) is 0 Å². The Balaban J connectivity index is 1.78. The third-order valence-electron chi connectivity index (χ3n) is 5.22. The van der Waals surface area contributed by atoms with Crippen molar-refractivity contribution < 1.29 is 27.4 Å². The number of benzene rings is 2. The number of sulfonamides is 1. The lowest BCUT2D eigenvalue weighted by Gasteiger charge is -2.29. The van der Waals surface area contributed by atoms with Crippen molar-refractivity contribution in [1.29, 1.82) is 0 Å². The van der Waals surface area contributed by atoms with E-state index in [1.54, 1.807) is 24.3 Å². The van der Waals surface area contributed by atoms with E-state index in [1.807, 2.05) is 12.1 Å². The Morgan fingerprint density at radius 3 is 2.25 bits per heavy atom. The summed E-state index contributed by atoms with van der Waals surface area (Å²) in [5.74, 6) is 0.372. The molecular weight excluding hydrogens is 434 g/mol. The number of nitrogens with one attached hydrogen (secondary N) is 1. The molecule has 1 saturated heterocycles. The van der Waals surface area contributed by atoms with Gasteiger partial charge in [-0.15, -0.1) is 0 Å². The van der Waals surface area contributed by atoms with Gasteiger partial charge in [0.15, 0.2) is 11.5 Å². The predicted molar refractivity (Wildman–Crippen MR) is 124 cm³/mol. The highest BCUT2D eigenvalue weighted by Gasteiger charge is 2.30. The summed E-state index contributed by atoms with van der Waals surface area (Å²) in [5.41, 5.74) is 1.93. The van der Waals surface area contributed by atoms with Crippen LogP contribution in [0.15, 0.2) is 42.5 Å². The van der Waals surface area contributed by atoms with E-state index in [-0.39, 0.29) is 0 Å². The lowest BCUT2D eigenvalue weighted by atomic mass is 10.2. The van der Waals surface area contributed by atoms with E-state index in [1.165, 1.54) is 27.2 Å². The molecule has 10 heteroatoms. The summed E-state index contributed by atoms with van der Waals surface area (Å²) in [6.45, 7) is 4.55. The molecule has 9 nitrogen and oxygen atoms in total. The summed E-state index contributed by atoms with van der Waals surface area (Å²) < 4.78 is 42.0. The number of hydrogen-bond acceptors (Lipinski definition) is 7. The molecule has 1 aliphatic heterocycles. The van der Waals surface area contributed by atoms with Gasteiger partial charge in [0.05, 0.1) is 39.4 Å². The Hall–Kier alpha value is -2.98. The second-order valence-electron chi connectivity index (χ2n) is 7.41. The van der Waals surface area contributed by atoms with Gasteiger partial charge in [-0.1, -0.05) is 0 Å². The maximum atomic E-state index is 12.9. The average Bonchev–Trinajstić information content (AvgIpc) is 2.79. The molecule has 1 fully saturated rings. The SMILES string of the molecule is COc1ccc(N(C(C)C(=O)Nc2ccc(N3CCOCC3)cc2)S(C)(=O)=O)cc1OC. The second-order valence-corrected chi connectivity index (χ2v) is 9.27. The molecule has 0 aromatic heterocycles. The largest absolute Gasteiger partial charge is 0.493 e. The van der Waals surface area contributed by atoms with Crippen LogP contribution in [0.4, 0.5) is 17.1 Å². The topological polar surface area (TPSA) is 97.4 Å². The number of morpholine rings is 1. The number of amides is 1. The highest BCUT2D eigenvalue weighted by Crippen LogP contribution is 2.33. The maximum Gasteiger partial charge on any atom is 0.247 e. The van der Waals surface area contributed by atoms with Crippen LogP contribution < -0.4 is 24.0 Å². The minimum absolute atomic E-state index is 0.301. The van der Waals surface area contributed by atoms with Crippen LogP contribution in [0.3, 0.4) is 0 Å². The first-order valence-corrected chi connectivity index (χ1v) is 12.0. The molecule has 1 heterocycles. The van der Waals surface area contributed by atoms with E-state index in [0.29, 0.717) is 36.1 Å². The van der Waals surface area contributed by atoms with Gasteiger partial charge in [0.1, 0.15) is 6.04 Å². The zero-order chi connectivity index (χ0) is 23.3. The molecule has 32 heavy (non-hydrogen) atoms. The third-order valence-corrected chi connectivity index (χ3v) is 6.46. The third kappa shape index (κ3) is 5.43. The lowest BCUT2D eigenvalue weighted by molar-refractivity contribution is -0.116. The van der Waals surface area contributed by atoms with Gasteiger partial charge in [-0.3, -0.25) is 9.10 Å². The van der Waals surface area contributed by atoms with Crippen molar-refractivity contribution in [2.24, 2.45) is 0 Å². The number of methoxy groups -OCH3 is 2. The standard InChI is InChI=1S/C22H29N3O6S/c1-16(25(32(4,27)28)19-9-10-20(29-2)21(15-19)30-3)22(26)23-17-5-7-18(8-6-17)24-11-13-31-14-12-24/h5-10,15-16H,11-14H2,1-4H3,(H,23,26). The molecule has 1 amide bonds. The Labute approximate surface area is 188 Å². The van der Waals surface area contributed by atoms with Crippen molar-refractivity contribution in [3.63, 3.8) is 0 Å². The number of hydrogen-bond donors (Lipinski definition) is 1. The zero-order valence-corrected chi connectivity index (χ0v) is 19.5. The number of carbonyl (C=O) groups is 1. The van der Waals surface area contributed by atoms with Crippen molar-refractivity contribution in [2.45, 2.75) is 13.0 Å². The maximum absolute atomic E-state index is 12.9. The molecule has 0 saturated carbocycles. The zero-order valence-electron chi connectivity index (χ0n) is 18.7. The average molecular weight is 464 g/mol. The van der Waals surface area contributed by atoms with Crippen molar-refractivity contribution in [3.05, 3.63) is 42.5 Å². The summed E-state index contributed by atoms with van der Waals surface area (Å²) in [6, 6.07) is 11.2. The van der Waals surface area contributed by atoms with Gasteiger partial charge in [0.25, 0.3) is 0 Å². The van der Waals surface area contributed by atoms with Crippen molar-refractivity contribution in [1.82, 2.24) is 0 Å². The Morgan fingerprint density at radius 2 is 1.69 bits per heavy atom. The molecule has 1 aliphatic rings. The lowest BCUT2D eigenvalue weighted by Crippen LogP contribution is -2.45. The number of ether oxygens (including phenoxy) is 3. The number of anilines is 3. The molecule has 0 aliphatic carbocycles. The normalized spacial score (nSPS) is 15.1. The monoisotopic (exact) mass is 463 g/mol. The highest BCUT2D eigenvalue weighted by molar-refractivity contribution is 7.92. The van der Waals surface area contributed by atoms with Gasteiger partial charge in [-0.05, 0) is 43.3 Å². The van der Waals surface area contributed by atoms with Gasteiger partial charge in [-0.2, -0.15) is 0 Å². The first kappa shape index (κ1) is 23.7. The number of carbonyl (C=O) groups excluding carboxylic acids is 1. The van der Waals surface area contributed by atoms with Gasteiger partial charge in [0, 0.05) is 30.5 Å². The molecule has 0 bridgehead atoms. The first-order chi connectivity index (χ1) is 15.2. The molecule has 0 spiro atoms. The quantitative estimate of drug-likeness (QED) is 0.642. The minimum atomic E-state index is -3.76. The van der Waals surface area contributed by atoms with Crippen LogP contribution in [-0.4, -0.2) is 67.1 Å². The van der Waals surface area contributed by atoms with Crippen molar-refractivity contribution in [2.75, 3.05) is 61.3 Å². The van der Waals surface area contributed by atoms with Crippen LogP contribution >= 0.6 is 0 Å². The van der Waals surface area contributed by atoms with Gasteiger partial charge in [-0.25, -0.2) is 8.42 Å². The van der Waals surface area contributed by atoms with E-state index in [4.69, 9.17) is 14.2 Å². The van der Waals surface area contributed by atoms with Gasteiger partial charge in [0.2, 0.25) is 15.9 Å². The Bertz CT molecular complexity index is 1040. The van der Waals surface area contributed by atoms with E-state index in [0.717, 1.165) is 29.3 Å². The van der Waals surface area contributed by atoms with Gasteiger partial charge >= 0.3 is 0 Å². The fourth-order valence-electron chi connectivity index (χ4n) is 3.59. The van der Waals surface area contributed by atoms with Crippen LogP contribution in [0.2, 0.25) is 0 Å². The number of rotatable bonds is 8. The smallest absolute Gasteiger partial charge is 0.247 e. The van der Waals surface area contributed by atoms with E-state index < -0.39 is 22.0 Å². The van der Waals surface area contributed by atoms with Gasteiger partial charge < -0.3 is 24.4 Å². The highest BCUT2D eigenvalue weighted by atomic mass is 32.2. The number of nitrogens with zero attached hydrogens (tertiary/aromatic N) is 2. The fourth-order valence-corrected chi connectivity index (χ4v) is 4.76. The van der Waals surface area contributed by atoms with Crippen LogP contribution in [0.25, 0.3) is 0 Å². The van der Waals surface area contributed by atoms with Crippen molar-refractivity contribution >= 4 is 33.0 Å². The molecule has 174 valence electrons. The summed E-state index contributed by atoms with van der Waals surface area (Å²) in [5, 5.41) is 2.80. The molecular formula is C22H29N3O6S. The van der Waals surface area contributed by atoms with E-state index >= 15 is 0 Å². The van der Waals surface area contributed by atoms with Crippen LogP contribution in [0.1, 0.15) is 6.92 Å². The van der Waals surface area contributed by atoms with Crippen LogP contribution in [0.5, 0.6) is 11.5 Å². The molecule has 2 aromatic carbocycles. The minimum Gasteiger partial charge on any atom is -0.493 e. The predicted octanol–water partition coefficient (Wildman–Crippen LogP) is 2.33. The molecule has 1 unspecified atom stereocenters. The summed E-state index contributed by atoms with van der Waals surface area (Å²) in [6.07, 6.45) is 1.06. The summed E-state index contributed by atoms with van der Waals surface area (Å²) in [4.78, 5) is 15.1. The van der Waals surface area contributed by atoms with Crippen LogP contribution in [-0.2, 0) is 19.6 Å². The molecule has 2 aromatic rings.